The van der Waals surface area contributed by atoms with Crippen LogP contribution in [0.5, 0.6) is 5.75 Å². The smallest absolute Gasteiger partial charge is 0.257 e. The highest BCUT2D eigenvalue weighted by Gasteiger charge is 2.36. The third kappa shape index (κ3) is 3.60. The van der Waals surface area contributed by atoms with Gasteiger partial charge in [0.15, 0.2) is 0 Å². The molecular formula is C23H26FN3O3. The van der Waals surface area contributed by atoms with Crippen LogP contribution in [0.4, 0.5) is 10.1 Å². The Morgan fingerprint density at radius 1 is 1.07 bits per heavy atom. The summed E-state index contributed by atoms with van der Waals surface area (Å²) in [5.41, 5.74) is 2.90. The number of amides is 2. The van der Waals surface area contributed by atoms with E-state index in [1.54, 1.807) is 15.9 Å². The molecule has 2 aromatic rings. The molecule has 7 heteroatoms. The van der Waals surface area contributed by atoms with Gasteiger partial charge in [-0.05, 0) is 50.1 Å². The van der Waals surface area contributed by atoms with Gasteiger partial charge in [-0.3, -0.25) is 9.59 Å². The van der Waals surface area contributed by atoms with Crippen molar-refractivity contribution in [3.8, 4) is 5.75 Å². The lowest BCUT2D eigenvalue weighted by atomic mass is 10.0. The number of ether oxygens (including phenoxy) is 1. The molecule has 2 heterocycles. The van der Waals surface area contributed by atoms with Gasteiger partial charge in [-0.25, -0.2) is 4.39 Å². The van der Waals surface area contributed by atoms with Crippen molar-refractivity contribution in [1.82, 2.24) is 9.80 Å². The van der Waals surface area contributed by atoms with E-state index < -0.39 is 5.82 Å². The molecule has 0 radical (unpaired) electrons. The van der Waals surface area contributed by atoms with Crippen LogP contribution in [0.25, 0.3) is 0 Å². The van der Waals surface area contributed by atoms with Gasteiger partial charge in [0.25, 0.3) is 11.8 Å². The summed E-state index contributed by atoms with van der Waals surface area (Å²) in [6.45, 7) is 5.47. The number of benzene rings is 2. The number of fused-ring (bicyclic) bond motifs is 1. The number of hydrogen-bond acceptors (Lipinski definition) is 4. The van der Waals surface area contributed by atoms with E-state index >= 15 is 0 Å². The highest BCUT2D eigenvalue weighted by Crippen LogP contribution is 2.26. The number of hydrogen-bond donors (Lipinski definition) is 1. The Morgan fingerprint density at radius 3 is 2.47 bits per heavy atom. The van der Waals surface area contributed by atoms with Crippen LogP contribution < -0.4 is 10.1 Å². The summed E-state index contributed by atoms with van der Waals surface area (Å²) in [7, 11) is 1.45. The van der Waals surface area contributed by atoms with Gasteiger partial charge in [-0.2, -0.15) is 0 Å². The van der Waals surface area contributed by atoms with Crippen molar-refractivity contribution in [2.45, 2.75) is 32.4 Å². The van der Waals surface area contributed by atoms with Crippen LogP contribution in [0.2, 0.25) is 0 Å². The van der Waals surface area contributed by atoms with Crippen LogP contribution in [0, 0.1) is 5.82 Å². The molecular weight excluding hydrogens is 385 g/mol. The van der Waals surface area contributed by atoms with Crippen LogP contribution in [0.3, 0.4) is 0 Å². The van der Waals surface area contributed by atoms with Crippen LogP contribution >= 0.6 is 0 Å². The van der Waals surface area contributed by atoms with E-state index in [0.29, 0.717) is 24.4 Å². The van der Waals surface area contributed by atoms with Gasteiger partial charge in [-0.15, -0.1) is 0 Å². The Hall–Kier alpha value is -3.09. The molecule has 0 spiro atoms. The molecule has 158 valence electrons. The first kappa shape index (κ1) is 20.2. The van der Waals surface area contributed by atoms with Crippen LogP contribution in [-0.4, -0.2) is 60.4 Å². The van der Waals surface area contributed by atoms with Crippen molar-refractivity contribution in [3.63, 3.8) is 0 Å². The Bertz CT molecular complexity index is 982. The molecule has 0 unspecified atom stereocenters. The lowest BCUT2D eigenvalue weighted by Gasteiger charge is -2.44. The van der Waals surface area contributed by atoms with Crippen molar-refractivity contribution < 1.29 is 18.7 Å². The molecule has 2 amide bonds. The fourth-order valence-electron chi connectivity index (χ4n) is 4.43. The topological polar surface area (TPSA) is 61.9 Å². The lowest BCUT2D eigenvalue weighted by molar-refractivity contribution is 0.0251. The van der Waals surface area contributed by atoms with E-state index in [0.717, 1.165) is 18.7 Å². The number of carbonyl (C=O) groups is 2. The third-order valence-electron chi connectivity index (χ3n) is 5.91. The van der Waals surface area contributed by atoms with Crippen molar-refractivity contribution in [2.75, 3.05) is 32.1 Å². The minimum absolute atomic E-state index is 0.0129. The third-order valence-corrected chi connectivity index (χ3v) is 5.91. The van der Waals surface area contributed by atoms with Crippen molar-refractivity contribution >= 4 is 17.5 Å². The second-order valence-corrected chi connectivity index (χ2v) is 8.02. The molecule has 0 aromatic heterocycles. The highest BCUT2D eigenvalue weighted by atomic mass is 19.1. The Labute approximate surface area is 175 Å². The fourth-order valence-corrected chi connectivity index (χ4v) is 4.43. The molecule has 4 rings (SSSR count). The molecule has 2 aliphatic heterocycles. The van der Waals surface area contributed by atoms with E-state index in [2.05, 4.69) is 5.32 Å². The number of halogens is 1. The SMILES string of the molecule is COc1ccc(C(=O)N2[C@H](C)CN(C(=O)c3ccc4c(c3)NCC4)C[C@H]2C)c(F)c1. The Kier molecular flexibility index (Phi) is 5.37. The second kappa shape index (κ2) is 7.97. The molecule has 0 bridgehead atoms. The minimum Gasteiger partial charge on any atom is -0.497 e. The van der Waals surface area contributed by atoms with Crippen molar-refractivity contribution in [1.29, 1.82) is 0 Å². The zero-order valence-electron chi connectivity index (χ0n) is 17.4. The molecule has 6 nitrogen and oxygen atoms in total. The van der Waals surface area contributed by atoms with E-state index in [-0.39, 0.29) is 29.5 Å². The van der Waals surface area contributed by atoms with Gasteiger partial charge in [0.2, 0.25) is 0 Å². The largest absolute Gasteiger partial charge is 0.497 e. The van der Waals surface area contributed by atoms with Crippen molar-refractivity contribution in [2.24, 2.45) is 0 Å². The van der Waals surface area contributed by atoms with Crippen LogP contribution in [0.1, 0.15) is 40.1 Å². The molecule has 0 aliphatic carbocycles. The molecule has 30 heavy (non-hydrogen) atoms. The first-order chi connectivity index (χ1) is 14.4. The predicted molar refractivity (Wildman–Crippen MR) is 113 cm³/mol. The maximum atomic E-state index is 14.4. The summed E-state index contributed by atoms with van der Waals surface area (Å²) in [5, 5.41) is 3.30. The molecule has 2 aliphatic rings. The fraction of sp³-hybridized carbons (Fsp3) is 0.391. The monoisotopic (exact) mass is 411 g/mol. The highest BCUT2D eigenvalue weighted by molar-refractivity contribution is 5.97. The maximum Gasteiger partial charge on any atom is 0.257 e. The molecule has 1 saturated heterocycles. The van der Waals surface area contributed by atoms with E-state index in [4.69, 9.17) is 4.74 Å². The van der Waals surface area contributed by atoms with Gasteiger partial charge < -0.3 is 19.9 Å². The normalized spacial score (nSPS) is 20.5. The number of rotatable bonds is 3. The van der Waals surface area contributed by atoms with Gasteiger partial charge in [0.1, 0.15) is 11.6 Å². The van der Waals surface area contributed by atoms with E-state index in [9.17, 15) is 14.0 Å². The first-order valence-corrected chi connectivity index (χ1v) is 10.2. The second-order valence-electron chi connectivity index (χ2n) is 8.02. The van der Waals surface area contributed by atoms with E-state index in [1.165, 1.54) is 24.8 Å². The van der Waals surface area contributed by atoms with Gasteiger partial charge in [0.05, 0.1) is 12.7 Å². The standard InChI is InChI=1S/C23H26FN3O3/c1-14-12-26(22(28)17-5-4-16-8-9-25-21(16)10-17)13-15(2)27(14)23(29)19-7-6-18(30-3)11-20(19)24/h4-7,10-11,14-15,25H,8-9,12-13H2,1-3H3/t14-,15-/m1/s1. The summed E-state index contributed by atoms with van der Waals surface area (Å²) < 4.78 is 19.4. The van der Waals surface area contributed by atoms with Crippen molar-refractivity contribution in [3.05, 3.63) is 58.9 Å². The zero-order valence-corrected chi connectivity index (χ0v) is 17.4. The molecule has 1 N–H and O–H groups in total. The molecule has 2 aromatic carbocycles. The summed E-state index contributed by atoms with van der Waals surface area (Å²) in [6.07, 6.45) is 0.973. The summed E-state index contributed by atoms with van der Waals surface area (Å²) in [6, 6.07) is 9.54. The van der Waals surface area contributed by atoms with Crippen LogP contribution in [-0.2, 0) is 6.42 Å². The number of nitrogens with zero attached hydrogens (tertiary/aromatic N) is 2. The Morgan fingerprint density at radius 2 is 1.80 bits per heavy atom. The van der Waals surface area contributed by atoms with Crippen LogP contribution in [0.15, 0.2) is 36.4 Å². The predicted octanol–water partition coefficient (Wildman–Crippen LogP) is 3.18. The summed E-state index contributed by atoms with van der Waals surface area (Å²) >= 11 is 0. The average molecular weight is 411 g/mol. The first-order valence-electron chi connectivity index (χ1n) is 10.2. The Balaban J connectivity index is 1.50. The number of piperazine rings is 1. The maximum absolute atomic E-state index is 14.4. The van der Waals surface area contributed by atoms with E-state index in [1.807, 2.05) is 32.0 Å². The molecule has 0 saturated carbocycles. The summed E-state index contributed by atoms with van der Waals surface area (Å²) in [5.74, 6) is -0.663. The number of methoxy groups -OCH3 is 1. The minimum atomic E-state index is -0.608. The van der Waals surface area contributed by atoms with Gasteiger partial charge in [0, 0.05) is 49.0 Å². The number of nitrogens with one attached hydrogen (secondary N) is 1. The molecule has 1 fully saturated rings. The average Bonchev–Trinajstić information content (AvgIpc) is 3.20. The van der Waals surface area contributed by atoms with Gasteiger partial charge in [-0.1, -0.05) is 6.07 Å². The quantitative estimate of drug-likeness (QED) is 0.843. The zero-order chi connectivity index (χ0) is 21.4. The summed E-state index contributed by atoms with van der Waals surface area (Å²) in [4.78, 5) is 29.6. The number of carbonyl (C=O) groups excluding carboxylic acids is 2. The lowest BCUT2D eigenvalue weighted by Crippen LogP contribution is -2.59. The number of anilines is 1. The molecule has 2 atom stereocenters. The van der Waals surface area contributed by atoms with Gasteiger partial charge >= 0.3 is 0 Å².